The summed E-state index contributed by atoms with van der Waals surface area (Å²) >= 11 is 0. The Morgan fingerprint density at radius 1 is 1.24 bits per heavy atom. The first-order chi connectivity index (χ1) is 7.70. The van der Waals surface area contributed by atoms with Crippen molar-refractivity contribution in [1.82, 2.24) is 4.90 Å². The smallest absolute Gasteiger partial charge is 0.410 e. The van der Waals surface area contributed by atoms with Crippen LogP contribution in [-0.4, -0.2) is 35.5 Å². The molecule has 0 aromatic rings. The molecule has 0 N–H and O–H groups in total. The van der Waals surface area contributed by atoms with Crippen LogP contribution in [0.25, 0.3) is 0 Å². The minimum Gasteiger partial charge on any atom is -0.444 e. The third-order valence-corrected chi connectivity index (χ3v) is 3.21. The standard InChI is InChI=1S/C13H23NO3/c1-9(15)10-6-7-11(8-10)14(5)12(16)17-13(2,3)4/h10-11H,6-8H2,1-5H3. The lowest BCUT2D eigenvalue weighted by atomic mass is 10.0. The summed E-state index contributed by atoms with van der Waals surface area (Å²) in [6.45, 7) is 7.18. The van der Waals surface area contributed by atoms with E-state index in [9.17, 15) is 9.59 Å². The molecule has 4 heteroatoms. The van der Waals surface area contributed by atoms with Crippen LogP contribution in [0.5, 0.6) is 0 Å². The Labute approximate surface area is 103 Å². The lowest BCUT2D eigenvalue weighted by molar-refractivity contribution is -0.120. The zero-order valence-electron chi connectivity index (χ0n) is 11.4. The summed E-state index contributed by atoms with van der Waals surface area (Å²) in [5.74, 6) is 0.343. The van der Waals surface area contributed by atoms with Gasteiger partial charge in [0.2, 0.25) is 0 Å². The van der Waals surface area contributed by atoms with Gasteiger partial charge >= 0.3 is 6.09 Å². The second kappa shape index (κ2) is 5.07. The average molecular weight is 241 g/mol. The molecule has 0 radical (unpaired) electrons. The first-order valence-electron chi connectivity index (χ1n) is 6.17. The summed E-state index contributed by atoms with van der Waals surface area (Å²) < 4.78 is 5.31. The van der Waals surface area contributed by atoms with Crippen molar-refractivity contribution in [2.24, 2.45) is 5.92 Å². The fourth-order valence-electron chi connectivity index (χ4n) is 2.16. The third kappa shape index (κ3) is 4.02. The number of rotatable bonds is 2. The van der Waals surface area contributed by atoms with Crippen molar-refractivity contribution in [1.29, 1.82) is 0 Å². The van der Waals surface area contributed by atoms with Gasteiger partial charge in [-0.1, -0.05) is 0 Å². The van der Waals surface area contributed by atoms with E-state index in [0.29, 0.717) is 0 Å². The number of carbonyl (C=O) groups is 2. The highest BCUT2D eigenvalue weighted by Gasteiger charge is 2.33. The molecule has 0 aliphatic heterocycles. The van der Waals surface area contributed by atoms with Crippen molar-refractivity contribution >= 4 is 11.9 Å². The van der Waals surface area contributed by atoms with E-state index in [2.05, 4.69) is 0 Å². The van der Waals surface area contributed by atoms with Crippen LogP contribution < -0.4 is 0 Å². The maximum absolute atomic E-state index is 11.8. The number of amides is 1. The Morgan fingerprint density at radius 3 is 2.24 bits per heavy atom. The lowest BCUT2D eigenvalue weighted by Crippen LogP contribution is -2.39. The van der Waals surface area contributed by atoms with Crippen LogP contribution in [0, 0.1) is 5.92 Å². The molecule has 1 amide bonds. The summed E-state index contributed by atoms with van der Waals surface area (Å²) in [6, 6.07) is 0.138. The Balaban J connectivity index is 2.52. The minimum atomic E-state index is -0.468. The molecule has 0 heterocycles. The molecule has 1 saturated carbocycles. The van der Waals surface area contributed by atoms with Crippen molar-refractivity contribution in [3.05, 3.63) is 0 Å². The fraction of sp³-hybridized carbons (Fsp3) is 0.846. The molecule has 0 aromatic heterocycles. The van der Waals surface area contributed by atoms with Crippen LogP contribution in [0.1, 0.15) is 47.0 Å². The Bertz CT molecular complexity index is 306. The van der Waals surface area contributed by atoms with E-state index in [1.807, 2.05) is 20.8 Å². The van der Waals surface area contributed by atoms with E-state index >= 15 is 0 Å². The summed E-state index contributed by atoms with van der Waals surface area (Å²) in [5, 5.41) is 0. The molecule has 0 spiro atoms. The molecule has 1 aliphatic rings. The largest absolute Gasteiger partial charge is 0.444 e. The topological polar surface area (TPSA) is 46.6 Å². The second-order valence-electron chi connectivity index (χ2n) is 5.87. The molecule has 98 valence electrons. The summed E-state index contributed by atoms with van der Waals surface area (Å²) in [4.78, 5) is 24.8. The molecule has 1 rings (SSSR count). The number of ether oxygens (including phenoxy) is 1. The van der Waals surface area contributed by atoms with Crippen molar-refractivity contribution in [2.45, 2.75) is 58.6 Å². The van der Waals surface area contributed by atoms with Gasteiger partial charge in [0.1, 0.15) is 11.4 Å². The lowest BCUT2D eigenvalue weighted by Gasteiger charge is -2.28. The van der Waals surface area contributed by atoms with Gasteiger partial charge < -0.3 is 9.64 Å². The van der Waals surface area contributed by atoms with Crippen LogP contribution in [0.3, 0.4) is 0 Å². The van der Waals surface area contributed by atoms with E-state index in [0.717, 1.165) is 19.3 Å². The highest BCUT2D eigenvalue weighted by Crippen LogP contribution is 2.30. The minimum absolute atomic E-state index is 0.116. The summed E-state index contributed by atoms with van der Waals surface area (Å²) in [7, 11) is 1.75. The first-order valence-corrected chi connectivity index (χ1v) is 6.17. The van der Waals surface area contributed by atoms with Gasteiger partial charge in [-0.05, 0) is 47.0 Å². The average Bonchev–Trinajstić information content (AvgIpc) is 2.62. The van der Waals surface area contributed by atoms with Gasteiger partial charge in [0, 0.05) is 19.0 Å². The van der Waals surface area contributed by atoms with Crippen LogP contribution in [0.4, 0.5) is 4.79 Å². The van der Waals surface area contributed by atoms with Crippen LogP contribution in [0.2, 0.25) is 0 Å². The quantitative estimate of drug-likeness (QED) is 0.746. The number of ketones is 1. The van der Waals surface area contributed by atoms with Gasteiger partial charge in [0.15, 0.2) is 0 Å². The van der Waals surface area contributed by atoms with E-state index in [1.165, 1.54) is 0 Å². The van der Waals surface area contributed by atoms with Crippen LogP contribution in [-0.2, 0) is 9.53 Å². The number of nitrogens with zero attached hydrogens (tertiary/aromatic N) is 1. The van der Waals surface area contributed by atoms with Crippen molar-refractivity contribution in [3.8, 4) is 0 Å². The molecule has 17 heavy (non-hydrogen) atoms. The normalized spacial score (nSPS) is 24.5. The van der Waals surface area contributed by atoms with Gasteiger partial charge in [-0.25, -0.2) is 4.79 Å². The monoisotopic (exact) mass is 241 g/mol. The summed E-state index contributed by atoms with van der Waals surface area (Å²) in [6.07, 6.45) is 2.24. The number of hydrogen-bond acceptors (Lipinski definition) is 3. The van der Waals surface area contributed by atoms with E-state index in [1.54, 1.807) is 18.9 Å². The molecule has 1 aliphatic carbocycles. The van der Waals surface area contributed by atoms with Crippen LogP contribution in [0.15, 0.2) is 0 Å². The predicted octanol–water partition coefficient (Wildman–Crippen LogP) is 2.61. The van der Waals surface area contributed by atoms with E-state index in [-0.39, 0.29) is 23.8 Å². The number of carbonyl (C=O) groups excluding carboxylic acids is 2. The van der Waals surface area contributed by atoms with Crippen LogP contribution >= 0.6 is 0 Å². The van der Waals surface area contributed by atoms with Gasteiger partial charge in [0.25, 0.3) is 0 Å². The Morgan fingerprint density at radius 2 is 1.82 bits per heavy atom. The van der Waals surface area contributed by atoms with E-state index < -0.39 is 5.60 Å². The third-order valence-electron chi connectivity index (χ3n) is 3.21. The van der Waals surface area contributed by atoms with Gasteiger partial charge in [-0.2, -0.15) is 0 Å². The Kier molecular flexibility index (Phi) is 4.17. The van der Waals surface area contributed by atoms with Gasteiger partial charge in [-0.15, -0.1) is 0 Å². The Hall–Kier alpha value is -1.06. The highest BCUT2D eigenvalue weighted by molar-refractivity contribution is 5.78. The van der Waals surface area contributed by atoms with Gasteiger partial charge in [0.05, 0.1) is 0 Å². The number of hydrogen-bond donors (Lipinski definition) is 0. The predicted molar refractivity (Wildman–Crippen MR) is 65.8 cm³/mol. The van der Waals surface area contributed by atoms with Gasteiger partial charge in [-0.3, -0.25) is 4.79 Å². The molecule has 2 atom stereocenters. The molecule has 1 fully saturated rings. The number of Topliss-reactive ketones (excluding diaryl/α,β-unsaturated/α-hetero) is 1. The zero-order chi connectivity index (χ0) is 13.2. The molecule has 0 aromatic carbocycles. The van der Waals surface area contributed by atoms with E-state index in [4.69, 9.17) is 4.74 Å². The molecule has 0 bridgehead atoms. The zero-order valence-corrected chi connectivity index (χ0v) is 11.4. The molecule has 0 saturated heterocycles. The molecular formula is C13H23NO3. The summed E-state index contributed by atoms with van der Waals surface area (Å²) in [5.41, 5.74) is -0.468. The highest BCUT2D eigenvalue weighted by atomic mass is 16.6. The SMILES string of the molecule is CC(=O)C1CCC(N(C)C(=O)OC(C)(C)C)C1. The van der Waals surface area contributed by atoms with Crippen molar-refractivity contribution in [2.75, 3.05) is 7.05 Å². The second-order valence-corrected chi connectivity index (χ2v) is 5.87. The van der Waals surface area contributed by atoms with Crippen molar-refractivity contribution < 1.29 is 14.3 Å². The molecule has 2 unspecified atom stereocenters. The molecule has 4 nitrogen and oxygen atoms in total. The maximum atomic E-state index is 11.8. The first kappa shape index (κ1) is 14.0. The maximum Gasteiger partial charge on any atom is 0.410 e. The molecular weight excluding hydrogens is 218 g/mol. The van der Waals surface area contributed by atoms with Crippen molar-refractivity contribution in [3.63, 3.8) is 0 Å². The fourth-order valence-corrected chi connectivity index (χ4v) is 2.16.